The Morgan fingerprint density at radius 3 is 2.76 bits per heavy atom. The number of aromatic amines is 1. The van der Waals surface area contributed by atoms with E-state index in [2.05, 4.69) is 24.0 Å². The summed E-state index contributed by atoms with van der Waals surface area (Å²) in [6, 6.07) is 12.1. The van der Waals surface area contributed by atoms with E-state index in [-0.39, 0.29) is 0 Å². The number of fused-ring (bicyclic) bond motifs is 2. The zero-order chi connectivity index (χ0) is 14.4. The Balaban J connectivity index is 1.96. The molecule has 1 aliphatic rings. The number of imidazole rings is 1. The molecule has 3 aromatic rings. The second-order valence-electron chi connectivity index (χ2n) is 5.06. The number of rotatable bonds is 1. The summed E-state index contributed by atoms with van der Waals surface area (Å²) < 4.78 is 13.9. The molecule has 5 heteroatoms. The van der Waals surface area contributed by atoms with Gasteiger partial charge >= 0.3 is 0 Å². The highest BCUT2D eigenvalue weighted by atomic mass is 32.1. The van der Waals surface area contributed by atoms with Gasteiger partial charge in [-0.1, -0.05) is 12.1 Å². The lowest BCUT2D eigenvalue weighted by atomic mass is 10.2. The highest BCUT2D eigenvalue weighted by Crippen LogP contribution is 2.33. The van der Waals surface area contributed by atoms with E-state index in [0.29, 0.717) is 18.0 Å². The molecule has 0 spiro atoms. The van der Waals surface area contributed by atoms with Crippen molar-refractivity contribution in [2.75, 3.05) is 13.2 Å². The first-order valence-corrected chi connectivity index (χ1v) is 7.25. The number of aromatic nitrogens is 2. The fraction of sp³-hybridized carbons (Fsp3) is 0.188. The van der Waals surface area contributed by atoms with Gasteiger partial charge in [-0.2, -0.15) is 0 Å². The van der Waals surface area contributed by atoms with Crippen LogP contribution in [-0.4, -0.2) is 22.8 Å². The summed E-state index contributed by atoms with van der Waals surface area (Å²) in [5.41, 5.74) is 4.28. The number of aryl methyl sites for hydroxylation is 1. The molecule has 0 unspecified atom stereocenters. The van der Waals surface area contributed by atoms with E-state index in [1.807, 2.05) is 28.8 Å². The molecule has 4 nitrogen and oxygen atoms in total. The SMILES string of the molecule is Cc1cccc2c1[nH]c(=S)n2-c1ccc2c(c1)OCCO2. The van der Waals surface area contributed by atoms with Crippen LogP contribution in [0.1, 0.15) is 5.56 Å². The van der Waals surface area contributed by atoms with Crippen molar-refractivity contribution in [3.8, 4) is 17.2 Å². The van der Waals surface area contributed by atoms with Crippen molar-refractivity contribution < 1.29 is 9.47 Å². The van der Waals surface area contributed by atoms with Crippen molar-refractivity contribution >= 4 is 23.3 Å². The van der Waals surface area contributed by atoms with Gasteiger partial charge in [0.25, 0.3) is 0 Å². The molecule has 21 heavy (non-hydrogen) atoms. The standard InChI is InChI=1S/C16H14N2O2S/c1-10-3-2-4-12-15(10)17-16(21)18(12)11-5-6-13-14(9-11)20-8-7-19-13/h2-6,9H,7-8H2,1H3,(H,17,21). The van der Waals surface area contributed by atoms with Crippen molar-refractivity contribution in [3.63, 3.8) is 0 Å². The lowest BCUT2D eigenvalue weighted by molar-refractivity contribution is 0.171. The second-order valence-corrected chi connectivity index (χ2v) is 5.45. The highest BCUT2D eigenvalue weighted by molar-refractivity contribution is 7.71. The van der Waals surface area contributed by atoms with Crippen LogP contribution in [0.15, 0.2) is 36.4 Å². The molecule has 4 rings (SSSR count). The predicted octanol–water partition coefficient (Wildman–Crippen LogP) is 3.77. The Kier molecular flexibility index (Phi) is 2.75. The molecule has 0 aliphatic carbocycles. The Labute approximate surface area is 126 Å². The number of hydrogen-bond acceptors (Lipinski definition) is 3. The molecule has 106 valence electrons. The Hall–Kier alpha value is -2.27. The molecule has 0 radical (unpaired) electrons. The van der Waals surface area contributed by atoms with Crippen molar-refractivity contribution in [2.24, 2.45) is 0 Å². The Morgan fingerprint density at radius 2 is 1.90 bits per heavy atom. The van der Waals surface area contributed by atoms with Crippen LogP contribution in [0.4, 0.5) is 0 Å². The van der Waals surface area contributed by atoms with Gasteiger partial charge in [0.2, 0.25) is 0 Å². The van der Waals surface area contributed by atoms with Gasteiger partial charge in [0.15, 0.2) is 16.3 Å². The zero-order valence-corrected chi connectivity index (χ0v) is 12.4. The monoisotopic (exact) mass is 298 g/mol. The summed E-state index contributed by atoms with van der Waals surface area (Å²) in [6.45, 7) is 3.24. The summed E-state index contributed by atoms with van der Waals surface area (Å²) in [5.74, 6) is 1.55. The number of nitrogens with one attached hydrogen (secondary N) is 1. The van der Waals surface area contributed by atoms with Gasteiger partial charge in [0, 0.05) is 6.07 Å². The minimum absolute atomic E-state index is 0.578. The van der Waals surface area contributed by atoms with Gasteiger partial charge in [-0.05, 0) is 42.9 Å². The van der Waals surface area contributed by atoms with Crippen LogP contribution in [0.25, 0.3) is 16.7 Å². The van der Waals surface area contributed by atoms with Crippen LogP contribution in [0.5, 0.6) is 11.5 Å². The maximum Gasteiger partial charge on any atom is 0.182 e. The van der Waals surface area contributed by atoms with E-state index in [1.54, 1.807) is 0 Å². The first-order chi connectivity index (χ1) is 10.2. The van der Waals surface area contributed by atoms with E-state index in [0.717, 1.165) is 28.2 Å². The lowest BCUT2D eigenvalue weighted by Crippen LogP contribution is -2.15. The minimum Gasteiger partial charge on any atom is -0.486 e. The Morgan fingerprint density at radius 1 is 1.10 bits per heavy atom. The molecule has 0 amide bonds. The number of hydrogen-bond donors (Lipinski definition) is 1. The summed E-state index contributed by atoms with van der Waals surface area (Å²) in [4.78, 5) is 3.28. The molecule has 0 atom stereocenters. The quantitative estimate of drug-likeness (QED) is 0.695. The van der Waals surface area contributed by atoms with Gasteiger partial charge in [-0.15, -0.1) is 0 Å². The largest absolute Gasteiger partial charge is 0.486 e. The van der Waals surface area contributed by atoms with E-state index in [4.69, 9.17) is 21.7 Å². The molecule has 1 aliphatic heterocycles. The van der Waals surface area contributed by atoms with Crippen molar-refractivity contribution in [3.05, 3.63) is 46.7 Å². The predicted molar refractivity (Wildman–Crippen MR) is 84.2 cm³/mol. The normalized spacial score (nSPS) is 13.6. The lowest BCUT2D eigenvalue weighted by Gasteiger charge is -2.19. The summed E-state index contributed by atoms with van der Waals surface area (Å²) in [5, 5.41) is 0. The minimum atomic E-state index is 0.578. The van der Waals surface area contributed by atoms with Gasteiger partial charge in [0.1, 0.15) is 13.2 Å². The maximum absolute atomic E-state index is 5.66. The van der Waals surface area contributed by atoms with Crippen molar-refractivity contribution in [2.45, 2.75) is 6.92 Å². The van der Waals surface area contributed by atoms with Crippen LogP contribution in [-0.2, 0) is 0 Å². The third kappa shape index (κ3) is 1.93. The van der Waals surface area contributed by atoms with Gasteiger partial charge < -0.3 is 14.5 Å². The summed E-state index contributed by atoms with van der Waals surface area (Å²) >= 11 is 5.48. The third-order valence-electron chi connectivity index (χ3n) is 3.71. The molecule has 0 bridgehead atoms. The maximum atomic E-state index is 5.66. The molecule has 2 aromatic carbocycles. The van der Waals surface area contributed by atoms with Gasteiger partial charge in [-0.25, -0.2) is 0 Å². The molecular weight excluding hydrogens is 284 g/mol. The molecular formula is C16H14N2O2S. The van der Waals surface area contributed by atoms with Crippen LogP contribution >= 0.6 is 12.2 Å². The Bertz CT molecular complexity index is 895. The van der Waals surface area contributed by atoms with Gasteiger partial charge in [-0.3, -0.25) is 4.57 Å². The van der Waals surface area contributed by atoms with Crippen molar-refractivity contribution in [1.82, 2.24) is 9.55 Å². The first kappa shape index (κ1) is 12.5. The number of H-pyrrole nitrogens is 1. The van der Waals surface area contributed by atoms with Crippen LogP contribution < -0.4 is 9.47 Å². The molecule has 0 saturated carbocycles. The summed E-state index contributed by atoms with van der Waals surface area (Å²) in [7, 11) is 0. The number of nitrogens with zero attached hydrogens (tertiary/aromatic N) is 1. The smallest absolute Gasteiger partial charge is 0.182 e. The number of para-hydroxylation sites is 1. The second kappa shape index (κ2) is 4.63. The molecule has 2 heterocycles. The molecule has 1 N–H and O–H groups in total. The molecule has 0 fully saturated rings. The fourth-order valence-corrected chi connectivity index (χ4v) is 3.01. The van der Waals surface area contributed by atoms with E-state index < -0.39 is 0 Å². The molecule has 0 saturated heterocycles. The van der Waals surface area contributed by atoms with Crippen LogP contribution in [0, 0.1) is 11.7 Å². The van der Waals surface area contributed by atoms with Crippen LogP contribution in [0.2, 0.25) is 0 Å². The van der Waals surface area contributed by atoms with E-state index >= 15 is 0 Å². The first-order valence-electron chi connectivity index (χ1n) is 6.84. The van der Waals surface area contributed by atoms with E-state index in [9.17, 15) is 0 Å². The average molecular weight is 298 g/mol. The van der Waals surface area contributed by atoms with E-state index in [1.165, 1.54) is 5.56 Å². The zero-order valence-electron chi connectivity index (χ0n) is 11.6. The summed E-state index contributed by atoms with van der Waals surface area (Å²) in [6.07, 6.45) is 0. The molecule has 1 aromatic heterocycles. The number of benzene rings is 2. The van der Waals surface area contributed by atoms with Gasteiger partial charge in [0.05, 0.1) is 16.7 Å². The highest BCUT2D eigenvalue weighted by Gasteiger charge is 2.14. The van der Waals surface area contributed by atoms with Crippen LogP contribution in [0.3, 0.4) is 0 Å². The average Bonchev–Trinajstić information content (AvgIpc) is 2.84. The topological polar surface area (TPSA) is 39.2 Å². The fourth-order valence-electron chi connectivity index (χ4n) is 2.70. The third-order valence-corrected chi connectivity index (χ3v) is 4.00. The van der Waals surface area contributed by atoms with Crippen molar-refractivity contribution in [1.29, 1.82) is 0 Å². The number of ether oxygens (including phenoxy) is 2.